The van der Waals surface area contributed by atoms with Gasteiger partial charge in [0.05, 0.1) is 19.5 Å². The van der Waals surface area contributed by atoms with Gasteiger partial charge in [0, 0.05) is 6.54 Å². The normalized spacial score (nSPS) is 10.7. The highest BCUT2D eigenvalue weighted by molar-refractivity contribution is 5.90. The number of aromatic nitrogens is 2. The number of methoxy groups -OCH3 is 1. The van der Waals surface area contributed by atoms with Crippen molar-refractivity contribution in [3.8, 4) is 17.4 Å². The number of benzene rings is 1. The number of nitrogens with zero attached hydrogens (tertiary/aromatic N) is 2. The average molecular weight is 344 g/mol. The lowest BCUT2D eigenvalue weighted by atomic mass is 10.1. The van der Waals surface area contributed by atoms with Crippen molar-refractivity contribution >= 4 is 5.91 Å². The summed E-state index contributed by atoms with van der Waals surface area (Å²) in [5.74, 6) is 1.43. The van der Waals surface area contributed by atoms with E-state index in [0.29, 0.717) is 17.4 Å². The van der Waals surface area contributed by atoms with Crippen LogP contribution in [0.5, 0.6) is 17.4 Å². The van der Waals surface area contributed by atoms with Gasteiger partial charge in [-0.3, -0.25) is 4.79 Å². The minimum atomic E-state index is -0.633. The molecule has 3 N–H and O–H groups in total. The maximum Gasteiger partial charge on any atom is 0.268 e. The Balaban J connectivity index is 2.02. The number of hydrogen-bond donors (Lipinski definition) is 2. The Morgan fingerprint density at radius 1 is 1.24 bits per heavy atom. The van der Waals surface area contributed by atoms with E-state index in [9.17, 15) is 4.79 Å². The maximum absolute atomic E-state index is 11.0. The van der Waals surface area contributed by atoms with Crippen molar-refractivity contribution in [3.05, 3.63) is 41.9 Å². The lowest BCUT2D eigenvalue weighted by Crippen LogP contribution is -2.16. The molecular weight excluding hydrogens is 320 g/mol. The Kier molecular flexibility index (Phi) is 6.71. The number of rotatable bonds is 9. The number of carbonyl (C=O) groups excluding carboxylic acids is 1. The van der Waals surface area contributed by atoms with E-state index in [-0.39, 0.29) is 11.6 Å². The summed E-state index contributed by atoms with van der Waals surface area (Å²) in [6.07, 6.45) is 3.76. The summed E-state index contributed by atoms with van der Waals surface area (Å²) in [6.45, 7) is 6.14. The van der Waals surface area contributed by atoms with Gasteiger partial charge in [0.25, 0.3) is 5.91 Å². The smallest absolute Gasteiger partial charge is 0.268 e. The molecule has 0 bridgehead atoms. The number of amides is 1. The molecule has 134 valence electrons. The Morgan fingerprint density at radius 2 is 2.04 bits per heavy atom. The zero-order valence-electron chi connectivity index (χ0n) is 14.8. The first-order chi connectivity index (χ1) is 12.0. The van der Waals surface area contributed by atoms with Crippen molar-refractivity contribution in [2.24, 2.45) is 11.7 Å². The largest absolute Gasteiger partial charge is 0.493 e. The molecule has 0 spiro atoms. The molecule has 0 radical (unpaired) electrons. The summed E-state index contributed by atoms with van der Waals surface area (Å²) < 4.78 is 11.1. The Labute approximate surface area is 147 Å². The van der Waals surface area contributed by atoms with Gasteiger partial charge >= 0.3 is 0 Å². The van der Waals surface area contributed by atoms with E-state index in [4.69, 9.17) is 15.2 Å². The standard InChI is InChI=1S/C18H24N4O3/c1-12(2)6-7-20-9-13-4-5-15(16(8-13)24-3)25-17-11-21-14(10-22-17)18(19)23/h4-5,8,10-12,20H,6-7,9H2,1-3H3,(H2,19,23). The molecule has 0 aliphatic heterocycles. The fraction of sp³-hybridized carbons (Fsp3) is 0.389. The van der Waals surface area contributed by atoms with Crippen LogP contribution in [0.2, 0.25) is 0 Å². The van der Waals surface area contributed by atoms with E-state index in [1.807, 2.05) is 18.2 Å². The third kappa shape index (κ3) is 5.72. The molecule has 0 aliphatic carbocycles. The van der Waals surface area contributed by atoms with Gasteiger partial charge in [0.15, 0.2) is 11.5 Å². The van der Waals surface area contributed by atoms with Crippen molar-refractivity contribution in [2.75, 3.05) is 13.7 Å². The predicted octanol–water partition coefficient (Wildman–Crippen LogP) is 2.51. The van der Waals surface area contributed by atoms with E-state index < -0.39 is 5.91 Å². The molecule has 0 atom stereocenters. The van der Waals surface area contributed by atoms with Crippen molar-refractivity contribution in [1.82, 2.24) is 15.3 Å². The minimum absolute atomic E-state index is 0.0853. The molecule has 0 saturated carbocycles. The van der Waals surface area contributed by atoms with E-state index in [2.05, 4.69) is 29.1 Å². The second-order valence-corrected chi connectivity index (χ2v) is 6.05. The SMILES string of the molecule is COc1cc(CNCCC(C)C)ccc1Oc1cnc(C(N)=O)cn1. The number of nitrogens with two attached hydrogens (primary N) is 1. The van der Waals surface area contributed by atoms with Crippen LogP contribution in [0.3, 0.4) is 0 Å². The molecule has 0 fully saturated rings. The zero-order chi connectivity index (χ0) is 18.2. The van der Waals surface area contributed by atoms with Crippen LogP contribution in [0, 0.1) is 5.92 Å². The number of ether oxygens (including phenoxy) is 2. The molecule has 0 unspecified atom stereocenters. The first-order valence-corrected chi connectivity index (χ1v) is 8.17. The van der Waals surface area contributed by atoms with Crippen LogP contribution < -0.4 is 20.5 Å². The van der Waals surface area contributed by atoms with Gasteiger partial charge in [-0.1, -0.05) is 19.9 Å². The topological polar surface area (TPSA) is 99.4 Å². The van der Waals surface area contributed by atoms with Crippen LogP contribution >= 0.6 is 0 Å². The van der Waals surface area contributed by atoms with Gasteiger partial charge in [-0.15, -0.1) is 0 Å². The van der Waals surface area contributed by atoms with Crippen molar-refractivity contribution in [3.63, 3.8) is 0 Å². The summed E-state index contributed by atoms with van der Waals surface area (Å²) in [5, 5.41) is 3.41. The van der Waals surface area contributed by atoms with Gasteiger partial charge in [-0.05, 0) is 36.6 Å². The Bertz CT molecular complexity index is 702. The third-order valence-electron chi connectivity index (χ3n) is 3.55. The molecule has 1 aromatic carbocycles. The van der Waals surface area contributed by atoms with Crippen LogP contribution in [-0.4, -0.2) is 29.5 Å². The highest BCUT2D eigenvalue weighted by atomic mass is 16.5. The third-order valence-corrected chi connectivity index (χ3v) is 3.55. The van der Waals surface area contributed by atoms with Crippen molar-refractivity contribution in [1.29, 1.82) is 0 Å². The molecule has 1 amide bonds. The fourth-order valence-electron chi connectivity index (χ4n) is 2.14. The van der Waals surface area contributed by atoms with Crippen LogP contribution in [0.4, 0.5) is 0 Å². The van der Waals surface area contributed by atoms with Gasteiger partial charge < -0.3 is 20.5 Å². The van der Waals surface area contributed by atoms with E-state index in [1.165, 1.54) is 12.4 Å². The van der Waals surface area contributed by atoms with Crippen molar-refractivity contribution in [2.45, 2.75) is 26.8 Å². The highest BCUT2D eigenvalue weighted by Gasteiger charge is 2.09. The summed E-state index contributed by atoms with van der Waals surface area (Å²) in [5.41, 5.74) is 6.32. The lowest BCUT2D eigenvalue weighted by molar-refractivity contribution is 0.0995. The molecule has 1 aromatic heterocycles. The Morgan fingerprint density at radius 3 is 2.64 bits per heavy atom. The molecular formula is C18H24N4O3. The van der Waals surface area contributed by atoms with Crippen LogP contribution in [0.15, 0.2) is 30.6 Å². The van der Waals surface area contributed by atoms with Gasteiger partial charge in [0.2, 0.25) is 5.88 Å². The molecule has 7 heteroatoms. The first kappa shape index (κ1) is 18.7. The summed E-state index contributed by atoms with van der Waals surface area (Å²) >= 11 is 0. The molecule has 25 heavy (non-hydrogen) atoms. The molecule has 0 saturated heterocycles. The summed E-state index contributed by atoms with van der Waals surface area (Å²) in [6, 6.07) is 5.70. The summed E-state index contributed by atoms with van der Waals surface area (Å²) in [7, 11) is 1.58. The van der Waals surface area contributed by atoms with Crippen LogP contribution in [0.1, 0.15) is 36.3 Å². The quantitative estimate of drug-likeness (QED) is 0.678. The second kappa shape index (κ2) is 8.98. The minimum Gasteiger partial charge on any atom is -0.493 e. The molecule has 2 aromatic rings. The zero-order valence-corrected chi connectivity index (χ0v) is 14.8. The first-order valence-electron chi connectivity index (χ1n) is 8.17. The number of carbonyl (C=O) groups is 1. The summed E-state index contributed by atoms with van der Waals surface area (Å²) in [4.78, 5) is 18.9. The van der Waals surface area contributed by atoms with E-state index >= 15 is 0 Å². The van der Waals surface area contributed by atoms with Crippen LogP contribution in [-0.2, 0) is 6.54 Å². The average Bonchev–Trinajstić information content (AvgIpc) is 2.60. The number of hydrogen-bond acceptors (Lipinski definition) is 6. The maximum atomic E-state index is 11.0. The number of primary amides is 1. The van der Waals surface area contributed by atoms with Crippen molar-refractivity contribution < 1.29 is 14.3 Å². The van der Waals surface area contributed by atoms with Crippen LogP contribution in [0.25, 0.3) is 0 Å². The molecule has 1 heterocycles. The van der Waals surface area contributed by atoms with Gasteiger partial charge in [0.1, 0.15) is 5.69 Å². The lowest BCUT2D eigenvalue weighted by Gasteiger charge is -2.12. The highest BCUT2D eigenvalue weighted by Crippen LogP contribution is 2.31. The monoisotopic (exact) mass is 344 g/mol. The number of nitrogens with one attached hydrogen (secondary N) is 1. The molecule has 2 rings (SSSR count). The molecule has 7 nitrogen and oxygen atoms in total. The second-order valence-electron chi connectivity index (χ2n) is 6.05. The fourth-order valence-corrected chi connectivity index (χ4v) is 2.14. The predicted molar refractivity (Wildman–Crippen MR) is 94.8 cm³/mol. The van der Waals surface area contributed by atoms with E-state index in [1.54, 1.807) is 7.11 Å². The molecule has 0 aliphatic rings. The van der Waals surface area contributed by atoms with E-state index in [0.717, 1.165) is 25.1 Å². The van der Waals surface area contributed by atoms with Gasteiger partial charge in [-0.2, -0.15) is 0 Å². The Hall–Kier alpha value is -2.67. The van der Waals surface area contributed by atoms with Gasteiger partial charge in [-0.25, -0.2) is 9.97 Å².